The van der Waals surface area contributed by atoms with Crippen molar-refractivity contribution in [2.75, 3.05) is 20.8 Å². The van der Waals surface area contributed by atoms with Crippen molar-refractivity contribution < 1.29 is 67.2 Å². The highest BCUT2D eigenvalue weighted by Crippen LogP contribution is 2.47. The van der Waals surface area contributed by atoms with Gasteiger partial charge in [-0.15, -0.1) is 0 Å². The topological polar surface area (TPSA) is 167 Å². The molecule has 4 fully saturated rings. The van der Waals surface area contributed by atoms with Crippen LogP contribution in [0.1, 0.15) is 93.9 Å². The zero-order valence-corrected chi connectivity index (χ0v) is 38.1. The molecule has 1 aliphatic carbocycles. The molecule has 2 N–H and O–H groups in total. The van der Waals surface area contributed by atoms with Crippen molar-refractivity contribution in [2.45, 2.75) is 185 Å². The van der Waals surface area contributed by atoms with Gasteiger partial charge >= 0.3 is 5.97 Å². The molecule has 14 heteroatoms. The lowest BCUT2D eigenvalue weighted by atomic mass is 9.71. The van der Waals surface area contributed by atoms with E-state index in [1.54, 1.807) is 33.1 Å². The molecule has 19 atom stereocenters. The Hall–Kier alpha value is -2.60. The first-order valence-corrected chi connectivity index (χ1v) is 22.7. The van der Waals surface area contributed by atoms with Crippen LogP contribution in [0.25, 0.3) is 0 Å². The lowest BCUT2D eigenvalue weighted by molar-refractivity contribution is -0.305. The van der Waals surface area contributed by atoms with Crippen LogP contribution in [0.3, 0.4) is 0 Å². The number of esters is 1. The number of carbonyl (C=O) groups is 2. The summed E-state index contributed by atoms with van der Waals surface area (Å²) in [5.74, 6) is -2.70. The largest absolute Gasteiger partial charge is 0.462 e. The fourth-order valence-electron chi connectivity index (χ4n) is 10.4. The third kappa shape index (κ3) is 9.53. The smallest absolute Gasteiger partial charge is 0.316 e. The number of fused-ring (bicyclic) bond motifs is 2. The lowest BCUT2D eigenvalue weighted by Gasteiger charge is -2.48. The molecule has 0 unspecified atom stereocenters. The van der Waals surface area contributed by atoms with Gasteiger partial charge in [0.2, 0.25) is 0 Å². The lowest BCUT2D eigenvalue weighted by Crippen LogP contribution is -2.58. The maximum absolute atomic E-state index is 14.3. The molecule has 1 spiro atoms. The van der Waals surface area contributed by atoms with E-state index in [4.69, 9.17) is 47.4 Å². The highest BCUT2D eigenvalue weighted by molar-refractivity contribution is 5.87. The van der Waals surface area contributed by atoms with E-state index in [0.29, 0.717) is 30.4 Å². The van der Waals surface area contributed by atoms with Gasteiger partial charge in [0.15, 0.2) is 24.2 Å². The Kier molecular flexibility index (Phi) is 14.9. The molecule has 2 bridgehead atoms. The average molecular weight is 871 g/mol. The Labute approximate surface area is 366 Å². The zero-order chi connectivity index (χ0) is 44.7. The summed E-state index contributed by atoms with van der Waals surface area (Å²) in [4.78, 5) is 26.9. The molecule has 14 nitrogen and oxygen atoms in total. The van der Waals surface area contributed by atoms with Gasteiger partial charge in [0.1, 0.15) is 48.1 Å². The van der Waals surface area contributed by atoms with Crippen LogP contribution in [0.5, 0.6) is 0 Å². The molecule has 62 heavy (non-hydrogen) atoms. The Balaban J connectivity index is 1.18. The van der Waals surface area contributed by atoms with E-state index in [1.807, 2.05) is 32.1 Å². The summed E-state index contributed by atoms with van der Waals surface area (Å²) in [7, 11) is 3.14. The van der Waals surface area contributed by atoms with E-state index < -0.39 is 96.9 Å². The summed E-state index contributed by atoms with van der Waals surface area (Å²) >= 11 is 0. The van der Waals surface area contributed by atoms with E-state index in [1.165, 1.54) is 7.11 Å². The molecule has 7 rings (SSSR count). The Morgan fingerprint density at radius 1 is 0.919 bits per heavy atom. The maximum atomic E-state index is 14.3. The molecule has 0 amide bonds. The first-order chi connectivity index (χ1) is 29.5. The summed E-state index contributed by atoms with van der Waals surface area (Å²) in [6.07, 6.45) is 8.56. The Morgan fingerprint density at radius 2 is 1.68 bits per heavy atom. The number of aliphatic hydroxyl groups excluding tert-OH is 1. The van der Waals surface area contributed by atoms with Crippen LogP contribution in [0, 0.1) is 23.7 Å². The van der Waals surface area contributed by atoms with Crippen LogP contribution in [0.2, 0.25) is 0 Å². The minimum absolute atomic E-state index is 0.0274. The average Bonchev–Trinajstić information content (AvgIpc) is 3.58. The van der Waals surface area contributed by atoms with Crippen molar-refractivity contribution in [1.29, 1.82) is 0 Å². The van der Waals surface area contributed by atoms with Gasteiger partial charge in [0.25, 0.3) is 0 Å². The summed E-state index contributed by atoms with van der Waals surface area (Å²) in [5, 5.41) is 23.7. The third-order valence-corrected chi connectivity index (χ3v) is 14.3. The second-order valence-corrected chi connectivity index (χ2v) is 18.8. The van der Waals surface area contributed by atoms with Gasteiger partial charge in [-0.3, -0.25) is 9.59 Å². The number of ketones is 1. The molecular weight excluding hydrogens is 801 g/mol. The van der Waals surface area contributed by atoms with Gasteiger partial charge in [0, 0.05) is 51.7 Å². The van der Waals surface area contributed by atoms with Gasteiger partial charge in [-0.2, -0.15) is 0 Å². The first-order valence-electron chi connectivity index (χ1n) is 22.7. The molecule has 0 aromatic carbocycles. The number of methoxy groups -OCH3 is 2. The zero-order valence-electron chi connectivity index (χ0n) is 38.1. The minimum atomic E-state index is -1.84. The van der Waals surface area contributed by atoms with E-state index in [0.717, 1.165) is 12.0 Å². The van der Waals surface area contributed by atoms with Crippen molar-refractivity contribution in [3.8, 4) is 0 Å². The summed E-state index contributed by atoms with van der Waals surface area (Å²) in [6.45, 7) is 15.9. The van der Waals surface area contributed by atoms with E-state index >= 15 is 0 Å². The summed E-state index contributed by atoms with van der Waals surface area (Å²) in [5.41, 5.74) is 0.113. The maximum Gasteiger partial charge on any atom is 0.316 e. The third-order valence-electron chi connectivity index (χ3n) is 14.3. The molecule has 0 saturated carbocycles. The standard InChI is InChI=1S/C48H70O14/c1-11-25(2)43-28(5)17-18-47(62-43)23-34-20-33(61-47)16-15-27(4)42(26(3)13-12-14-32-24-55-45-40(49)29(6)19-35(46(51)58-34)48(32,45)52)59-39-22-37(54-10)44(31(8)57-39)60-38-21-36(53-9)41(50)30(7)56-38/h12-15,17-19,25-26,28,30-31,33-40,42-45,49,52H,11,16,20-24H2,1-10H3/b13-12+,27-15+,32-14+/t25-,26-,28-,30-,31-,33+,34-,35-,36-,37-,38-,39-,40+,42-,43+,44-,45+,47+,48+/m0/s1. The van der Waals surface area contributed by atoms with Gasteiger partial charge in [0.05, 0.1) is 37.1 Å². The molecule has 4 saturated heterocycles. The van der Waals surface area contributed by atoms with Crippen LogP contribution in [-0.4, -0.2) is 134 Å². The van der Waals surface area contributed by atoms with Crippen molar-refractivity contribution >= 4 is 11.8 Å². The number of Topliss-reactive ketones (excluding diaryl/α,β-unsaturated/α-hetero) is 1. The number of aliphatic hydroxyl groups is 2. The number of ether oxygens (including phenoxy) is 10. The van der Waals surface area contributed by atoms with Gasteiger partial charge in [-0.1, -0.05) is 70.6 Å². The summed E-state index contributed by atoms with van der Waals surface area (Å²) < 4.78 is 63.4. The predicted octanol–water partition coefficient (Wildman–Crippen LogP) is 5.59. The first kappa shape index (κ1) is 47.4. The monoisotopic (exact) mass is 870 g/mol. The fraction of sp³-hybridized carbons (Fsp3) is 0.750. The van der Waals surface area contributed by atoms with Crippen molar-refractivity contribution in [3.63, 3.8) is 0 Å². The predicted molar refractivity (Wildman–Crippen MR) is 226 cm³/mol. The van der Waals surface area contributed by atoms with Crippen LogP contribution < -0.4 is 0 Å². The van der Waals surface area contributed by atoms with E-state index in [9.17, 15) is 19.8 Å². The van der Waals surface area contributed by atoms with Crippen LogP contribution in [0.15, 0.2) is 59.3 Å². The van der Waals surface area contributed by atoms with Gasteiger partial charge < -0.3 is 57.6 Å². The summed E-state index contributed by atoms with van der Waals surface area (Å²) in [6, 6.07) is 0. The SMILES string of the molecule is CC[C@H](C)[C@H]1O[C@]2(C=C[C@@H]1C)C[C@@H]1C[C@@H](C/C=C(\C)[C@@H](O[C@H]3C[C@H](OC)[C@@H](O[C@H]4C[C@H](OC)C(=O)[C@H](C)O4)[C@H](C)O3)[C@@H](C)/C=C/C=C3\CO[C@@H]4[C@H](O)C(C)=C[C@@H](C(=O)O1)[C@]34O)O2. The molecule has 346 valence electrons. The highest BCUT2D eigenvalue weighted by atomic mass is 16.7. The van der Waals surface area contributed by atoms with Gasteiger partial charge in [-0.25, -0.2) is 0 Å². The van der Waals surface area contributed by atoms with Crippen molar-refractivity contribution in [1.82, 2.24) is 0 Å². The van der Waals surface area contributed by atoms with Gasteiger partial charge in [-0.05, 0) is 62.8 Å². The molecule has 0 aromatic rings. The Morgan fingerprint density at radius 3 is 2.40 bits per heavy atom. The number of allylic oxidation sites excluding steroid dienone is 2. The highest BCUT2D eigenvalue weighted by Gasteiger charge is 2.60. The molecular formula is C48H70O14. The molecule has 7 aliphatic rings. The second-order valence-electron chi connectivity index (χ2n) is 18.8. The van der Waals surface area contributed by atoms with Crippen LogP contribution in [-0.2, 0) is 57.0 Å². The molecule has 0 aromatic heterocycles. The second kappa shape index (κ2) is 19.5. The van der Waals surface area contributed by atoms with E-state index in [-0.39, 0.29) is 49.1 Å². The molecule has 6 heterocycles. The Bertz CT molecular complexity index is 1770. The number of rotatable bonds is 8. The number of hydrogen-bond acceptors (Lipinski definition) is 14. The number of carbonyl (C=O) groups excluding carboxylic acids is 2. The molecule has 6 aliphatic heterocycles. The van der Waals surface area contributed by atoms with Crippen LogP contribution in [0.4, 0.5) is 0 Å². The fourth-order valence-corrected chi connectivity index (χ4v) is 10.4. The van der Waals surface area contributed by atoms with E-state index in [2.05, 4.69) is 39.8 Å². The molecule has 0 radical (unpaired) electrons. The minimum Gasteiger partial charge on any atom is -0.462 e. The quantitative estimate of drug-likeness (QED) is 0.229. The van der Waals surface area contributed by atoms with Crippen molar-refractivity contribution in [2.24, 2.45) is 23.7 Å². The number of hydrogen-bond donors (Lipinski definition) is 2. The van der Waals surface area contributed by atoms with Crippen molar-refractivity contribution in [3.05, 3.63) is 59.3 Å². The normalized spacial score (nSPS) is 48.0. The van der Waals surface area contributed by atoms with Crippen LogP contribution >= 0.6 is 0 Å².